The van der Waals surface area contributed by atoms with Gasteiger partial charge in [-0.1, -0.05) is 13.0 Å². The minimum atomic E-state index is -0.165. The largest absolute Gasteiger partial charge is 0.493 e. The molecule has 1 aromatic carbocycles. The van der Waals surface area contributed by atoms with Crippen LogP contribution >= 0.6 is 0 Å². The highest BCUT2D eigenvalue weighted by Crippen LogP contribution is 2.36. The van der Waals surface area contributed by atoms with Crippen molar-refractivity contribution in [2.75, 3.05) is 13.2 Å². The Hall–Kier alpha value is -1.09. The quantitative estimate of drug-likeness (QED) is 0.854. The monoisotopic (exact) mass is 223 g/mol. The number of benzene rings is 1. The van der Waals surface area contributed by atoms with Gasteiger partial charge in [-0.2, -0.15) is 0 Å². The van der Waals surface area contributed by atoms with E-state index < -0.39 is 0 Å². The average Bonchev–Trinajstić information content (AvgIpc) is 2.29. The van der Waals surface area contributed by atoms with Crippen LogP contribution in [0.5, 0.6) is 5.75 Å². The number of halogens is 1. The normalized spacial score (nSPS) is 16.4. The average molecular weight is 223 g/mol. The Morgan fingerprint density at radius 2 is 2.31 bits per heavy atom. The van der Waals surface area contributed by atoms with E-state index in [0.717, 1.165) is 30.6 Å². The fraction of sp³-hybridized carbons (Fsp3) is 0.538. The summed E-state index contributed by atoms with van der Waals surface area (Å²) in [5.41, 5.74) is 7.37. The predicted octanol–water partition coefficient (Wildman–Crippen LogP) is 2.60. The van der Waals surface area contributed by atoms with Gasteiger partial charge in [-0.05, 0) is 43.4 Å². The molecule has 0 spiro atoms. The lowest BCUT2D eigenvalue weighted by Crippen LogP contribution is -2.14. The van der Waals surface area contributed by atoms with Crippen LogP contribution in [0.1, 0.15) is 36.8 Å². The third-order valence-corrected chi connectivity index (χ3v) is 3.15. The molecule has 88 valence electrons. The number of nitrogens with two attached hydrogens (primary N) is 1. The lowest BCUT2D eigenvalue weighted by atomic mass is 9.92. The van der Waals surface area contributed by atoms with Gasteiger partial charge in [0.05, 0.1) is 6.61 Å². The lowest BCUT2D eigenvalue weighted by Gasteiger charge is -2.23. The van der Waals surface area contributed by atoms with Crippen molar-refractivity contribution in [2.45, 2.75) is 32.1 Å². The highest BCUT2D eigenvalue weighted by molar-refractivity contribution is 5.45. The van der Waals surface area contributed by atoms with Crippen LogP contribution in [0.25, 0.3) is 0 Å². The summed E-state index contributed by atoms with van der Waals surface area (Å²) in [7, 11) is 0. The summed E-state index contributed by atoms with van der Waals surface area (Å²) in [4.78, 5) is 0. The van der Waals surface area contributed by atoms with Crippen molar-refractivity contribution >= 4 is 0 Å². The Labute approximate surface area is 95.6 Å². The van der Waals surface area contributed by atoms with E-state index in [0.29, 0.717) is 18.7 Å². The molecule has 0 aromatic heterocycles. The highest BCUT2D eigenvalue weighted by Gasteiger charge is 2.21. The Morgan fingerprint density at radius 3 is 3.06 bits per heavy atom. The van der Waals surface area contributed by atoms with Crippen LogP contribution in [0.4, 0.5) is 4.39 Å². The molecule has 1 heterocycles. The Morgan fingerprint density at radius 1 is 1.50 bits per heavy atom. The summed E-state index contributed by atoms with van der Waals surface area (Å²) in [6, 6.07) is 3.39. The molecular formula is C13H18FNO. The van der Waals surface area contributed by atoms with Crippen molar-refractivity contribution in [3.8, 4) is 5.75 Å². The van der Waals surface area contributed by atoms with Gasteiger partial charge in [0.2, 0.25) is 0 Å². The Bertz CT molecular complexity index is 378. The molecule has 2 rings (SSSR count). The molecule has 2 N–H and O–H groups in total. The maximum Gasteiger partial charge on any atom is 0.130 e. The third-order valence-electron chi connectivity index (χ3n) is 3.15. The van der Waals surface area contributed by atoms with Gasteiger partial charge in [0.25, 0.3) is 0 Å². The van der Waals surface area contributed by atoms with Crippen LogP contribution in [0.2, 0.25) is 0 Å². The second-order valence-corrected chi connectivity index (χ2v) is 4.38. The van der Waals surface area contributed by atoms with Crippen molar-refractivity contribution in [3.63, 3.8) is 0 Å². The topological polar surface area (TPSA) is 35.2 Å². The summed E-state index contributed by atoms with van der Waals surface area (Å²) in [6.45, 7) is 3.27. The summed E-state index contributed by atoms with van der Waals surface area (Å²) < 4.78 is 19.5. The molecule has 1 aliphatic rings. The van der Waals surface area contributed by atoms with E-state index in [9.17, 15) is 4.39 Å². The van der Waals surface area contributed by atoms with E-state index in [-0.39, 0.29) is 11.7 Å². The minimum Gasteiger partial charge on any atom is -0.493 e. The third kappa shape index (κ3) is 2.05. The first-order valence-electron chi connectivity index (χ1n) is 5.88. The van der Waals surface area contributed by atoms with E-state index in [1.54, 1.807) is 6.07 Å². The van der Waals surface area contributed by atoms with E-state index in [2.05, 4.69) is 0 Å². The van der Waals surface area contributed by atoms with Crippen molar-refractivity contribution in [1.82, 2.24) is 0 Å². The zero-order valence-corrected chi connectivity index (χ0v) is 9.63. The first-order valence-corrected chi connectivity index (χ1v) is 5.88. The molecule has 16 heavy (non-hydrogen) atoms. The van der Waals surface area contributed by atoms with E-state index in [4.69, 9.17) is 10.5 Å². The molecule has 0 aliphatic carbocycles. The van der Waals surface area contributed by atoms with Gasteiger partial charge in [-0.25, -0.2) is 4.39 Å². The zero-order valence-electron chi connectivity index (χ0n) is 9.63. The molecule has 0 saturated heterocycles. The molecule has 0 bridgehead atoms. The molecule has 0 radical (unpaired) electrons. The van der Waals surface area contributed by atoms with Crippen molar-refractivity contribution in [3.05, 3.63) is 29.1 Å². The molecular weight excluding hydrogens is 205 g/mol. The van der Waals surface area contributed by atoms with Crippen LogP contribution < -0.4 is 10.5 Å². The Kier molecular flexibility index (Phi) is 3.44. The molecule has 0 amide bonds. The fourth-order valence-corrected chi connectivity index (χ4v) is 2.28. The van der Waals surface area contributed by atoms with Crippen LogP contribution in [-0.2, 0) is 6.42 Å². The maximum atomic E-state index is 13.8. The summed E-state index contributed by atoms with van der Waals surface area (Å²) in [5.74, 6) is 0.729. The molecule has 3 heteroatoms. The number of hydrogen-bond acceptors (Lipinski definition) is 2. The van der Waals surface area contributed by atoms with Crippen LogP contribution in [0, 0.1) is 5.82 Å². The molecule has 0 saturated carbocycles. The van der Waals surface area contributed by atoms with Gasteiger partial charge >= 0.3 is 0 Å². The summed E-state index contributed by atoms with van der Waals surface area (Å²) in [5, 5.41) is 0. The standard InChI is InChI=1S/C13H18FNO/c1-9(6-7-15)12-11(14)5-4-10-3-2-8-16-13(10)12/h4-5,9H,2-3,6-8,15H2,1H3. The molecule has 0 fully saturated rings. The molecule has 1 aromatic rings. The van der Waals surface area contributed by atoms with Gasteiger partial charge in [0, 0.05) is 5.56 Å². The lowest BCUT2D eigenvalue weighted by molar-refractivity contribution is 0.280. The number of aryl methyl sites for hydroxylation is 1. The number of rotatable bonds is 3. The zero-order chi connectivity index (χ0) is 11.5. The predicted molar refractivity (Wildman–Crippen MR) is 62.3 cm³/mol. The van der Waals surface area contributed by atoms with Gasteiger partial charge in [0.1, 0.15) is 11.6 Å². The molecule has 2 nitrogen and oxygen atoms in total. The van der Waals surface area contributed by atoms with E-state index >= 15 is 0 Å². The maximum absolute atomic E-state index is 13.8. The van der Waals surface area contributed by atoms with Gasteiger partial charge in [0.15, 0.2) is 0 Å². The molecule has 1 aliphatic heterocycles. The smallest absolute Gasteiger partial charge is 0.130 e. The van der Waals surface area contributed by atoms with Crippen molar-refractivity contribution < 1.29 is 9.13 Å². The second kappa shape index (κ2) is 4.83. The summed E-state index contributed by atoms with van der Waals surface area (Å²) in [6.07, 6.45) is 2.79. The van der Waals surface area contributed by atoms with Gasteiger partial charge < -0.3 is 10.5 Å². The van der Waals surface area contributed by atoms with Crippen LogP contribution in [-0.4, -0.2) is 13.2 Å². The van der Waals surface area contributed by atoms with Gasteiger partial charge in [-0.3, -0.25) is 0 Å². The first-order chi connectivity index (χ1) is 7.74. The van der Waals surface area contributed by atoms with Crippen LogP contribution in [0.15, 0.2) is 12.1 Å². The van der Waals surface area contributed by atoms with E-state index in [1.165, 1.54) is 0 Å². The van der Waals surface area contributed by atoms with Crippen molar-refractivity contribution in [1.29, 1.82) is 0 Å². The molecule has 1 atom stereocenters. The van der Waals surface area contributed by atoms with E-state index in [1.807, 2.05) is 13.0 Å². The fourth-order valence-electron chi connectivity index (χ4n) is 2.28. The highest BCUT2D eigenvalue weighted by atomic mass is 19.1. The van der Waals surface area contributed by atoms with Crippen LogP contribution in [0.3, 0.4) is 0 Å². The second-order valence-electron chi connectivity index (χ2n) is 4.38. The first kappa shape index (κ1) is 11.4. The molecule has 1 unspecified atom stereocenters. The number of ether oxygens (including phenoxy) is 1. The Balaban J connectivity index is 2.41. The SMILES string of the molecule is CC(CCN)c1c(F)ccc2c1OCCC2. The summed E-state index contributed by atoms with van der Waals surface area (Å²) >= 11 is 0. The number of fused-ring (bicyclic) bond motifs is 1. The number of hydrogen-bond donors (Lipinski definition) is 1. The van der Waals surface area contributed by atoms with Crippen molar-refractivity contribution in [2.24, 2.45) is 5.73 Å². The minimum absolute atomic E-state index is 0.123. The van der Waals surface area contributed by atoms with Gasteiger partial charge in [-0.15, -0.1) is 0 Å².